The van der Waals surface area contributed by atoms with Crippen molar-refractivity contribution >= 4 is 29.7 Å². The maximum absolute atomic E-state index is 11.9. The molecule has 10 nitrogen and oxygen atoms in total. The van der Waals surface area contributed by atoms with E-state index in [2.05, 4.69) is 0 Å². The molecule has 5 N–H and O–H groups in total. The Bertz CT molecular complexity index is 475. The molecule has 0 spiro atoms. The molecule has 0 aromatic heterocycles. The summed E-state index contributed by atoms with van der Waals surface area (Å²) in [5, 5.41) is 30.2. The third-order valence-electron chi connectivity index (χ3n) is 2.56. The second kappa shape index (κ2) is 7.22. The summed E-state index contributed by atoms with van der Waals surface area (Å²) in [6.07, 6.45) is -0.951. The number of carbonyl (C=O) groups is 5. The topological polar surface area (TPSA) is 170 Å². The molecule has 0 heterocycles. The minimum atomic E-state index is -2.36. The highest BCUT2D eigenvalue weighted by Crippen LogP contribution is 2.07. The molecule has 21 heavy (non-hydrogen) atoms. The van der Waals surface area contributed by atoms with Gasteiger partial charge in [-0.05, 0) is 13.3 Å². The lowest BCUT2D eigenvalue weighted by molar-refractivity contribution is -0.154. The van der Waals surface area contributed by atoms with Crippen molar-refractivity contribution in [1.29, 1.82) is 0 Å². The molecule has 2 amide bonds. The second-order valence-corrected chi connectivity index (χ2v) is 4.41. The smallest absolute Gasteiger partial charge is 0.339 e. The van der Waals surface area contributed by atoms with Gasteiger partial charge >= 0.3 is 17.9 Å². The minimum Gasteiger partial charge on any atom is -0.481 e. The average molecular weight is 304 g/mol. The third-order valence-corrected chi connectivity index (χ3v) is 2.56. The van der Waals surface area contributed by atoms with E-state index in [0.717, 1.165) is 13.8 Å². The molecular weight excluding hydrogens is 288 g/mol. The van der Waals surface area contributed by atoms with E-state index in [1.54, 1.807) is 0 Å². The Morgan fingerprint density at radius 3 is 1.95 bits per heavy atom. The van der Waals surface area contributed by atoms with Crippen LogP contribution >= 0.6 is 0 Å². The molecule has 0 aromatic carbocycles. The maximum atomic E-state index is 11.9. The Hall–Kier alpha value is -2.65. The lowest BCUT2D eigenvalue weighted by Crippen LogP contribution is -2.63. The lowest BCUT2D eigenvalue weighted by Gasteiger charge is -2.26. The van der Waals surface area contributed by atoms with Crippen molar-refractivity contribution < 1.29 is 39.3 Å². The zero-order chi connectivity index (χ0) is 16.8. The largest absolute Gasteiger partial charge is 0.481 e. The number of amides is 2. The molecule has 0 saturated heterocycles. The quantitative estimate of drug-likeness (QED) is 0.334. The second-order valence-electron chi connectivity index (χ2n) is 4.41. The summed E-state index contributed by atoms with van der Waals surface area (Å²) < 4.78 is 0. The molecule has 0 aliphatic heterocycles. The SMILES string of the molecule is CC(=O)N[C@](C)(C(=O)O)C(=O)N[C@@H](CCC(=O)O)C(=O)O. The van der Waals surface area contributed by atoms with Crippen LogP contribution in [-0.2, 0) is 24.0 Å². The van der Waals surface area contributed by atoms with Crippen molar-refractivity contribution in [3.63, 3.8) is 0 Å². The highest BCUT2D eigenvalue weighted by molar-refractivity contribution is 6.09. The first-order chi connectivity index (χ1) is 9.50. The fourth-order valence-electron chi connectivity index (χ4n) is 1.39. The van der Waals surface area contributed by atoms with Gasteiger partial charge in [0.05, 0.1) is 0 Å². The molecule has 118 valence electrons. The summed E-state index contributed by atoms with van der Waals surface area (Å²) >= 11 is 0. The van der Waals surface area contributed by atoms with E-state index in [-0.39, 0.29) is 0 Å². The van der Waals surface area contributed by atoms with Crippen molar-refractivity contribution in [2.24, 2.45) is 0 Å². The number of carboxylic acid groups (broad SMARTS) is 3. The number of hydrogen-bond donors (Lipinski definition) is 5. The van der Waals surface area contributed by atoms with Gasteiger partial charge in [-0.15, -0.1) is 0 Å². The van der Waals surface area contributed by atoms with Gasteiger partial charge < -0.3 is 26.0 Å². The van der Waals surface area contributed by atoms with Gasteiger partial charge in [-0.2, -0.15) is 0 Å². The predicted molar refractivity (Wildman–Crippen MR) is 66.3 cm³/mol. The van der Waals surface area contributed by atoms with E-state index in [4.69, 9.17) is 15.3 Å². The Balaban J connectivity index is 5.08. The van der Waals surface area contributed by atoms with Crippen LogP contribution in [-0.4, -0.2) is 56.6 Å². The molecule has 10 heteroatoms. The van der Waals surface area contributed by atoms with Gasteiger partial charge in [0.1, 0.15) is 6.04 Å². The normalized spacial score (nSPS) is 14.4. The van der Waals surface area contributed by atoms with Crippen LogP contribution in [0.3, 0.4) is 0 Å². The van der Waals surface area contributed by atoms with Crippen molar-refractivity contribution in [3.8, 4) is 0 Å². The van der Waals surface area contributed by atoms with Crippen LogP contribution in [0.2, 0.25) is 0 Å². The van der Waals surface area contributed by atoms with E-state index in [1.165, 1.54) is 0 Å². The molecule has 0 aliphatic carbocycles. The first-order valence-electron chi connectivity index (χ1n) is 5.78. The number of carbonyl (C=O) groups excluding carboxylic acids is 2. The molecular formula is C11H16N2O8. The first kappa shape index (κ1) is 18.4. The highest BCUT2D eigenvalue weighted by Gasteiger charge is 2.43. The van der Waals surface area contributed by atoms with E-state index in [1.807, 2.05) is 10.6 Å². The first-order valence-corrected chi connectivity index (χ1v) is 5.78. The van der Waals surface area contributed by atoms with Gasteiger partial charge in [-0.3, -0.25) is 14.4 Å². The summed E-state index contributed by atoms with van der Waals surface area (Å²) in [6, 6.07) is -1.58. The number of nitrogens with one attached hydrogen (secondary N) is 2. The van der Waals surface area contributed by atoms with Crippen LogP contribution < -0.4 is 10.6 Å². The standard InChI is InChI=1S/C11H16N2O8/c1-5(14)13-11(2,10(20)21)9(19)12-6(8(17)18)3-4-7(15)16/h6H,3-4H2,1-2H3,(H,12,19)(H,13,14)(H,15,16)(H,17,18)(H,20,21)/t6-,11-/m0/s1. The lowest BCUT2D eigenvalue weighted by atomic mass is 10.00. The molecule has 2 atom stereocenters. The Kier molecular flexibility index (Phi) is 6.31. The number of hydrogen-bond acceptors (Lipinski definition) is 5. The fraction of sp³-hybridized carbons (Fsp3) is 0.545. The van der Waals surface area contributed by atoms with Crippen LogP contribution in [0.4, 0.5) is 0 Å². The molecule has 0 aliphatic rings. The molecule has 0 unspecified atom stereocenters. The minimum absolute atomic E-state index is 0.424. The highest BCUT2D eigenvalue weighted by atomic mass is 16.4. The molecule has 0 fully saturated rings. The van der Waals surface area contributed by atoms with E-state index in [0.29, 0.717) is 0 Å². The molecule has 0 rings (SSSR count). The van der Waals surface area contributed by atoms with Crippen molar-refractivity contribution in [1.82, 2.24) is 10.6 Å². The number of carboxylic acids is 3. The van der Waals surface area contributed by atoms with Gasteiger partial charge in [-0.25, -0.2) is 9.59 Å². The van der Waals surface area contributed by atoms with Crippen molar-refractivity contribution in [2.75, 3.05) is 0 Å². The Morgan fingerprint density at radius 2 is 1.62 bits per heavy atom. The summed E-state index contributed by atoms with van der Waals surface area (Å²) in [5.74, 6) is -6.52. The van der Waals surface area contributed by atoms with E-state index < -0.39 is 54.1 Å². The van der Waals surface area contributed by atoms with Crippen LogP contribution in [0.5, 0.6) is 0 Å². The van der Waals surface area contributed by atoms with Crippen molar-refractivity contribution in [2.45, 2.75) is 38.3 Å². The Labute approximate surface area is 119 Å². The maximum Gasteiger partial charge on any atom is 0.339 e. The van der Waals surface area contributed by atoms with Crippen molar-refractivity contribution in [3.05, 3.63) is 0 Å². The number of rotatable bonds is 8. The van der Waals surface area contributed by atoms with Crippen LogP contribution in [0.25, 0.3) is 0 Å². The number of aliphatic carboxylic acids is 3. The molecule has 0 bridgehead atoms. The fourth-order valence-corrected chi connectivity index (χ4v) is 1.39. The predicted octanol–water partition coefficient (Wildman–Crippen LogP) is -1.60. The van der Waals surface area contributed by atoms with Gasteiger partial charge in [-0.1, -0.05) is 0 Å². The van der Waals surface area contributed by atoms with Crippen LogP contribution in [0.1, 0.15) is 26.7 Å². The molecule has 0 radical (unpaired) electrons. The average Bonchev–Trinajstić information content (AvgIpc) is 2.31. The monoisotopic (exact) mass is 304 g/mol. The van der Waals surface area contributed by atoms with Gasteiger partial charge in [0.2, 0.25) is 11.4 Å². The summed E-state index contributed by atoms with van der Waals surface area (Å²) in [4.78, 5) is 55.3. The summed E-state index contributed by atoms with van der Waals surface area (Å²) in [7, 11) is 0. The summed E-state index contributed by atoms with van der Waals surface area (Å²) in [6.45, 7) is 1.88. The molecule has 0 saturated carbocycles. The van der Waals surface area contributed by atoms with E-state index >= 15 is 0 Å². The third kappa shape index (κ3) is 5.47. The van der Waals surface area contributed by atoms with Crippen LogP contribution in [0, 0.1) is 0 Å². The zero-order valence-corrected chi connectivity index (χ0v) is 11.4. The van der Waals surface area contributed by atoms with Gasteiger partial charge in [0.25, 0.3) is 5.91 Å². The zero-order valence-electron chi connectivity index (χ0n) is 11.4. The summed E-state index contributed by atoms with van der Waals surface area (Å²) in [5.41, 5.74) is -2.36. The van der Waals surface area contributed by atoms with Gasteiger partial charge in [0, 0.05) is 13.3 Å². The Morgan fingerprint density at radius 1 is 1.10 bits per heavy atom. The van der Waals surface area contributed by atoms with Gasteiger partial charge in [0.15, 0.2) is 0 Å². The van der Waals surface area contributed by atoms with E-state index in [9.17, 15) is 24.0 Å². The van der Waals surface area contributed by atoms with Crippen LogP contribution in [0.15, 0.2) is 0 Å². The molecule has 0 aromatic rings.